The lowest BCUT2D eigenvalue weighted by Gasteiger charge is -2.53. The quantitative estimate of drug-likeness (QED) is 0.262. The fourth-order valence-corrected chi connectivity index (χ4v) is 6.72. The predicted molar refractivity (Wildman–Crippen MR) is 172 cm³/mol. The molecule has 1 spiro atoms. The van der Waals surface area contributed by atoms with Crippen LogP contribution < -0.4 is 14.5 Å². The molecule has 1 aromatic carbocycles. The lowest BCUT2D eigenvalue weighted by Crippen LogP contribution is -2.68. The molecule has 1 N–H and O–H groups in total. The van der Waals surface area contributed by atoms with E-state index in [1.165, 1.54) is 4.90 Å². The number of hydrogen-bond donors (Lipinski definition) is 1. The van der Waals surface area contributed by atoms with Crippen molar-refractivity contribution in [2.45, 2.75) is 43.6 Å². The minimum absolute atomic E-state index is 0.0155. The van der Waals surface area contributed by atoms with E-state index in [0.717, 1.165) is 0 Å². The van der Waals surface area contributed by atoms with E-state index in [-0.39, 0.29) is 41.8 Å². The number of halogens is 2. The summed E-state index contributed by atoms with van der Waals surface area (Å²) in [6, 6.07) is 9.36. The minimum Gasteiger partial charge on any atom is -0.480 e. The summed E-state index contributed by atoms with van der Waals surface area (Å²) in [6.07, 6.45) is -0.241. The Labute approximate surface area is 278 Å². The van der Waals surface area contributed by atoms with Gasteiger partial charge < -0.3 is 33.5 Å². The molecule has 0 radical (unpaired) electrons. The van der Waals surface area contributed by atoms with Crippen LogP contribution in [-0.2, 0) is 21.3 Å². The van der Waals surface area contributed by atoms with E-state index in [1.54, 1.807) is 35.1 Å². The molecule has 3 aliphatic rings. The number of pyridine rings is 1. The number of aromatic nitrogens is 5. The van der Waals surface area contributed by atoms with Gasteiger partial charge in [0.05, 0.1) is 32.4 Å². The lowest BCUT2D eigenvalue weighted by molar-refractivity contribution is -0.228. The third kappa shape index (κ3) is 5.46. The van der Waals surface area contributed by atoms with Gasteiger partial charge in [-0.3, -0.25) is 4.68 Å². The van der Waals surface area contributed by atoms with Crippen molar-refractivity contribution < 1.29 is 37.3 Å². The second-order valence-corrected chi connectivity index (χ2v) is 12.4. The van der Waals surface area contributed by atoms with Gasteiger partial charge in [-0.05, 0) is 37.1 Å². The van der Waals surface area contributed by atoms with E-state index in [1.807, 2.05) is 25.4 Å². The van der Waals surface area contributed by atoms with Crippen LogP contribution in [0.25, 0.3) is 22.1 Å². The van der Waals surface area contributed by atoms with Crippen molar-refractivity contribution in [2.24, 2.45) is 7.05 Å². The number of carboxylic acid groups (broad SMARTS) is 1. The Morgan fingerprint density at radius 2 is 2.00 bits per heavy atom. The summed E-state index contributed by atoms with van der Waals surface area (Å²) in [5.41, 5.74) is 2.17. The molecule has 3 atom stereocenters. The van der Waals surface area contributed by atoms with Crippen molar-refractivity contribution in [3.63, 3.8) is 0 Å². The number of nitrogens with zero attached hydrogens (tertiary/aromatic N) is 7. The monoisotopic (exact) mass is 671 g/mol. The number of aliphatic carboxylic acids is 1. The number of ether oxygens (including phenoxy) is 3. The fraction of sp³-hybridized carbons (Fsp3) is 0.382. The number of aryl methyl sites for hydroxylation is 1. The zero-order chi connectivity index (χ0) is 33.9. The second-order valence-electron chi connectivity index (χ2n) is 12.4. The highest BCUT2D eigenvalue weighted by Crippen LogP contribution is 2.41. The van der Waals surface area contributed by atoms with Gasteiger partial charge in [-0.2, -0.15) is 5.10 Å². The molecule has 252 valence electrons. The largest absolute Gasteiger partial charge is 0.480 e. The summed E-state index contributed by atoms with van der Waals surface area (Å²) < 4.78 is 54.0. The van der Waals surface area contributed by atoms with E-state index in [4.69, 9.17) is 18.6 Å². The van der Waals surface area contributed by atoms with Gasteiger partial charge in [0.2, 0.25) is 5.88 Å². The SMILES string of the molecule is C[C@@H]1N(c2cc(C#Cc3ccn(C)n3)cnc2O[C@H]2C[C@@H](C(=O)O)N(c3nc(C(F)F)nc4c3oc3ccccc34)C2)CCOC12COC2. The number of para-hydroxylation sites is 1. The molecule has 0 amide bonds. The maximum absolute atomic E-state index is 14.1. The van der Waals surface area contributed by atoms with Crippen molar-refractivity contribution in [3.8, 4) is 17.7 Å². The molecule has 3 aliphatic heterocycles. The molecule has 0 aliphatic carbocycles. The third-order valence-electron chi connectivity index (χ3n) is 9.35. The van der Waals surface area contributed by atoms with E-state index in [2.05, 4.69) is 43.7 Å². The Morgan fingerprint density at radius 3 is 2.73 bits per heavy atom. The number of anilines is 2. The van der Waals surface area contributed by atoms with Gasteiger partial charge in [0.25, 0.3) is 6.43 Å². The average Bonchev–Trinajstić information content (AvgIpc) is 3.80. The summed E-state index contributed by atoms with van der Waals surface area (Å²) in [5.74, 6) is 4.57. The maximum Gasteiger partial charge on any atom is 0.326 e. The molecule has 0 unspecified atom stereocenters. The number of furan rings is 1. The first kappa shape index (κ1) is 31.0. The van der Waals surface area contributed by atoms with Crippen molar-refractivity contribution in [1.29, 1.82) is 0 Å². The van der Waals surface area contributed by atoms with E-state index >= 15 is 0 Å². The van der Waals surface area contributed by atoms with Gasteiger partial charge in [-0.25, -0.2) is 28.5 Å². The molecule has 13 nitrogen and oxygen atoms in total. The highest BCUT2D eigenvalue weighted by molar-refractivity contribution is 6.06. The summed E-state index contributed by atoms with van der Waals surface area (Å²) in [5, 5.41) is 15.1. The number of benzene rings is 1. The predicted octanol–water partition coefficient (Wildman–Crippen LogP) is 3.95. The zero-order valence-corrected chi connectivity index (χ0v) is 26.5. The summed E-state index contributed by atoms with van der Waals surface area (Å²) in [6.45, 7) is 4.00. The highest BCUT2D eigenvalue weighted by Gasteiger charge is 2.50. The summed E-state index contributed by atoms with van der Waals surface area (Å²) >= 11 is 0. The number of rotatable bonds is 6. The molecular weight excluding hydrogens is 640 g/mol. The first-order valence-corrected chi connectivity index (χ1v) is 15.8. The molecule has 3 saturated heterocycles. The first-order chi connectivity index (χ1) is 23.7. The van der Waals surface area contributed by atoms with Crippen LogP contribution in [-0.4, -0.2) is 92.5 Å². The molecule has 0 saturated carbocycles. The molecule has 0 bridgehead atoms. The Morgan fingerprint density at radius 1 is 1.16 bits per heavy atom. The van der Waals surface area contributed by atoms with Crippen molar-refractivity contribution in [1.82, 2.24) is 24.7 Å². The lowest BCUT2D eigenvalue weighted by atomic mass is 9.90. The fourth-order valence-electron chi connectivity index (χ4n) is 6.72. The van der Waals surface area contributed by atoms with Gasteiger partial charge in [-0.15, -0.1) is 0 Å². The van der Waals surface area contributed by atoms with E-state index < -0.39 is 36.0 Å². The van der Waals surface area contributed by atoms with Gasteiger partial charge in [0.1, 0.15) is 40.2 Å². The Kier molecular flexibility index (Phi) is 7.57. The molecule has 5 aromatic rings. The number of fused-ring (bicyclic) bond motifs is 3. The van der Waals surface area contributed by atoms with Gasteiger partial charge in [0, 0.05) is 43.4 Å². The zero-order valence-electron chi connectivity index (χ0n) is 26.5. The Balaban J connectivity index is 1.15. The number of carbonyl (C=O) groups is 1. The van der Waals surface area contributed by atoms with Crippen LogP contribution in [0.3, 0.4) is 0 Å². The van der Waals surface area contributed by atoms with E-state index in [9.17, 15) is 18.7 Å². The van der Waals surface area contributed by atoms with Crippen LogP contribution in [0, 0.1) is 11.8 Å². The van der Waals surface area contributed by atoms with Crippen molar-refractivity contribution >= 4 is 39.5 Å². The van der Waals surface area contributed by atoms with Crippen molar-refractivity contribution in [3.05, 3.63) is 65.9 Å². The second kappa shape index (κ2) is 12.0. The average molecular weight is 672 g/mol. The topological polar surface area (TPSA) is 141 Å². The standard InChI is InChI=1S/C34H31F2N7O6/c1-19-34(17-46-18-34)47-12-11-42(19)24-13-20(7-8-21-9-10-41(2)40-21)15-37-32(24)48-22-14-25(33(44)45)43(16-22)31-28-27(38-30(39-31)29(35)36)23-5-3-4-6-26(23)49-28/h3-6,9-10,13,15,19,22,25,29H,11-12,14,16-18H2,1-2H3,(H,44,45)/t19-,22-,25-/m0/s1. The Bertz CT molecular complexity index is 2140. The number of alkyl halides is 2. The molecule has 7 heterocycles. The molecule has 8 rings (SSSR count). The third-order valence-corrected chi connectivity index (χ3v) is 9.35. The number of morpholine rings is 1. The van der Waals surface area contributed by atoms with Crippen LogP contribution in [0.2, 0.25) is 0 Å². The summed E-state index contributed by atoms with van der Waals surface area (Å²) in [4.78, 5) is 29.1. The van der Waals surface area contributed by atoms with Crippen molar-refractivity contribution in [2.75, 3.05) is 42.7 Å². The highest BCUT2D eigenvalue weighted by atomic mass is 19.3. The molecule has 49 heavy (non-hydrogen) atoms. The molecule has 4 aromatic heterocycles. The van der Waals surface area contributed by atoms with Crippen LogP contribution >= 0.6 is 0 Å². The van der Waals surface area contributed by atoms with Gasteiger partial charge >= 0.3 is 5.97 Å². The molecular formula is C34H31F2N7O6. The normalized spacial score (nSPS) is 21.7. The minimum atomic E-state index is -2.99. The van der Waals surface area contributed by atoms with Crippen LogP contribution in [0.15, 0.2) is 53.2 Å². The number of carboxylic acids is 1. The Hall–Kier alpha value is -5.33. The molecule has 15 heteroatoms. The van der Waals surface area contributed by atoms with Crippen LogP contribution in [0.1, 0.15) is 36.9 Å². The smallest absolute Gasteiger partial charge is 0.326 e. The number of hydrogen-bond acceptors (Lipinski definition) is 11. The first-order valence-electron chi connectivity index (χ1n) is 15.8. The van der Waals surface area contributed by atoms with E-state index in [0.29, 0.717) is 54.3 Å². The summed E-state index contributed by atoms with van der Waals surface area (Å²) in [7, 11) is 1.82. The molecule has 3 fully saturated rings. The van der Waals surface area contributed by atoms with Crippen LogP contribution in [0.5, 0.6) is 5.88 Å². The van der Waals surface area contributed by atoms with Gasteiger partial charge in [-0.1, -0.05) is 18.1 Å². The van der Waals surface area contributed by atoms with Gasteiger partial charge in [0.15, 0.2) is 17.2 Å². The maximum atomic E-state index is 14.1. The van der Waals surface area contributed by atoms with Crippen LogP contribution in [0.4, 0.5) is 20.3 Å².